The molecule has 0 radical (unpaired) electrons. The van der Waals surface area contributed by atoms with Gasteiger partial charge in [-0.1, -0.05) is 78.9 Å². The number of benzene rings is 2. The van der Waals surface area contributed by atoms with E-state index < -0.39 is 5.16 Å². The van der Waals surface area contributed by atoms with Crippen molar-refractivity contribution in [2.75, 3.05) is 6.16 Å². The second kappa shape index (κ2) is 10.9. The van der Waals surface area contributed by atoms with Crippen molar-refractivity contribution >= 4 is 24.1 Å². The number of aromatic nitrogens is 2. The molecule has 43 heavy (non-hydrogen) atoms. The summed E-state index contributed by atoms with van der Waals surface area (Å²) in [7, 11) is 6.56. The van der Waals surface area contributed by atoms with Crippen LogP contribution in [0.15, 0.2) is 127 Å². The zero-order valence-electron chi connectivity index (χ0n) is 24.6. The van der Waals surface area contributed by atoms with Crippen LogP contribution in [0.5, 0.6) is 0 Å². The SMILES string of the molecule is PCC1C2CC3CC(C2)CC1(C1=C(C(P)(c2cccnc2)c2cccnc2)C=C(c2ccccc2)C1c1ccccc1)C3. The molecule has 4 saturated carbocycles. The molecule has 2 heterocycles. The third kappa shape index (κ3) is 4.35. The third-order valence-electron chi connectivity index (χ3n) is 11.4. The molecule has 9 rings (SSSR count). The summed E-state index contributed by atoms with van der Waals surface area (Å²) in [6.07, 6.45) is 18.6. The highest BCUT2D eigenvalue weighted by molar-refractivity contribution is 7.19. The number of pyridine rings is 2. The van der Waals surface area contributed by atoms with Gasteiger partial charge in [-0.3, -0.25) is 9.97 Å². The fourth-order valence-electron chi connectivity index (χ4n) is 10.0. The maximum Gasteiger partial charge on any atom is 0.0621 e. The minimum absolute atomic E-state index is 0.172. The normalized spacial score (nSPS) is 29.6. The van der Waals surface area contributed by atoms with Crippen molar-refractivity contribution in [1.82, 2.24) is 9.97 Å². The molecule has 4 heteroatoms. The van der Waals surface area contributed by atoms with Gasteiger partial charge in [0.1, 0.15) is 0 Å². The fraction of sp³-hybridized carbons (Fsp3) is 0.333. The Hall–Kier alpha value is -2.92. The summed E-state index contributed by atoms with van der Waals surface area (Å²) < 4.78 is 0. The standard InChI is InChI=1S/C39H40N2P2/c42-25-35-30-18-26-17-27(19-30)22-38(35,21-26)37-34(39(43,31-13-7-15-40-23-31)32-14-8-16-41-24-32)20-33(28-9-3-1-4-10-28)36(37)29-11-5-2-6-12-29/h1-16,20,23-24,26-27,30,35-36H,17-19,21-22,25,42-43H2. The van der Waals surface area contributed by atoms with Crippen LogP contribution in [0, 0.1) is 29.1 Å². The lowest BCUT2D eigenvalue weighted by Crippen LogP contribution is -2.55. The van der Waals surface area contributed by atoms with Crippen LogP contribution >= 0.6 is 18.5 Å². The number of rotatable bonds is 7. The Bertz CT molecular complexity index is 1610. The molecule has 0 aliphatic heterocycles. The van der Waals surface area contributed by atoms with Crippen LogP contribution in [0.4, 0.5) is 0 Å². The molecular weight excluding hydrogens is 558 g/mol. The van der Waals surface area contributed by atoms with Gasteiger partial charge in [-0.2, -0.15) is 0 Å². The lowest BCUT2D eigenvalue weighted by molar-refractivity contribution is -0.0798. The summed E-state index contributed by atoms with van der Waals surface area (Å²) in [6, 6.07) is 31.2. The first-order chi connectivity index (χ1) is 21.1. The Morgan fingerprint density at radius 2 is 1.35 bits per heavy atom. The molecule has 0 spiro atoms. The first kappa shape index (κ1) is 27.6. The van der Waals surface area contributed by atoms with Gasteiger partial charge < -0.3 is 0 Å². The average molecular weight is 599 g/mol. The van der Waals surface area contributed by atoms with Crippen molar-refractivity contribution < 1.29 is 0 Å². The molecule has 6 atom stereocenters. The largest absolute Gasteiger partial charge is 0.264 e. The predicted molar refractivity (Wildman–Crippen MR) is 184 cm³/mol. The second-order valence-corrected chi connectivity index (χ2v) is 14.9. The van der Waals surface area contributed by atoms with E-state index >= 15 is 0 Å². The summed E-state index contributed by atoms with van der Waals surface area (Å²) in [4.78, 5) is 9.34. The van der Waals surface area contributed by atoms with Crippen molar-refractivity contribution in [3.05, 3.63) is 149 Å². The molecule has 2 aromatic heterocycles. The van der Waals surface area contributed by atoms with E-state index in [0.717, 1.165) is 17.8 Å². The van der Waals surface area contributed by atoms with E-state index in [4.69, 9.17) is 0 Å². The van der Waals surface area contributed by atoms with E-state index in [9.17, 15) is 0 Å². The first-order valence-electron chi connectivity index (χ1n) is 16.0. The lowest BCUT2D eigenvalue weighted by atomic mass is 9.42. The molecule has 216 valence electrons. The molecular formula is C39H40N2P2. The van der Waals surface area contributed by atoms with Crippen LogP contribution in [0.25, 0.3) is 5.57 Å². The topological polar surface area (TPSA) is 25.8 Å². The van der Waals surface area contributed by atoms with Gasteiger partial charge in [-0.25, -0.2) is 0 Å². The molecule has 6 unspecified atom stereocenters. The maximum absolute atomic E-state index is 4.67. The highest BCUT2D eigenvalue weighted by atomic mass is 31.0. The smallest absolute Gasteiger partial charge is 0.0621 e. The van der Waals surface area contributed by atoms with E-state index in [1.54, 1.807) is 5.57 Å². The summed E-state index contributed by atoms with van der Waals surface area (Å²) >= 11 is 0. The molecule has 4 aromatic rings. The molecule has 0 saturated heterocycles. The van der Waals surface area contributed by atoms with Crippen LogP contribution in [-0.4, -0.2) is 16.1 Å². The molecule has 5 aliphatic rings. The Labute approximate surface area is 261 Å². The zero-order chi connectivity index (χ0) is 29.0. The van der Waals surface area contributed by atoms with E-state index in [1.165, 1.54) is 71.7 Å². The molecule has 4 bridgehead atoms. The molecule has 5 aliphatic carbocycles. The minimum Gasteiger partial charge on any atom is -0.264 e. The van der Waals surface area contributed by atoms with Crippen molar-refractivity contribution in [3.8, 4) is 0 Å². The van der Waals surface area contributed by atoms with Gasteiger partial charge in [0.15, 0.2) is 0 Å². The van der Waals surface area contributed by atoms with Gasteiger partial charge in [0.2, 0.25) is 0 Å². The van der Waals surface area contributed by atoms with Crippen molar-refractivity contribution in [2.24, 2.45) is 29.1 Å². The lowest BCUT2D eigenvalue weighted by Gasteiger charge is -2.63. The summed E-state index contributed by atoms with van der Waals surface area (Å²) in [5.74, 6) is 3.40. The molecule has 4 fully saturated rings. The first-order valence-corrected chi connectivity index (χ1v) is 17.4. The number of hydrogen-bond acceptors (Lipinski definition) is 2. The number of nitrogens with zero attached hydrogens (tertiary/aromatic N) is 2. The average Bonchev–Trinajstić information content (AvgIpc) is 3.48. The fourth-order valence-corrected chi connectivity index (χ4v) is 11.5. The zero-order valence-corrected chi connectivity index (χ0v) is 27.0. The van der Waals surface area contributed by atoms with Gasteiger partial charge in [-0.05, 0) is 118 Å². The molecule has 2 nitrogen and oxygen atoms in total. The number of hydrogen-bond donors (Lipinski definition) is 0. The quantitative estimate of drug-likeness (QED) is 0.198. The summed E-state index contributed by atoms with van der Waals surface area (Å²) in [6.45, 7) is 0. The van der Waals surface area contributed by atoms with Crippen LogP contribution in [0.2, 0.25) is 0 Å². The Morgan fingerprint density at radius 1 is 0.744 bits per heavy atom. The van der Waals surface area contributed by atoms with Crippen LogP contribution in [-0.2, 0) is 5.16 Å². The minimum atomic E-state index is -0.476. The van der Waals surface area contributed by atoms with Crippen molar-refractivity contribution in [3.63, 3.8) is 0 Å². The van der Waals surface area contributed by atoms with Crippen molar-refractivity contribution in [1.29, 1.82) is 0 Å². The number of allylic oxidation sites excluding steroid dienone is 4. The van der Waals surface area contributed by atoms with E-state index in [-0.39, 0.29) is 11.3 Å². The predicted octanol–water partition coefficient (Wildman–Crippen LogP) is 9.09. The monoisotopic (exact) mass is 598 g/mol. The molecule has 0 amide bonds. The molecule has 2 aromatic carbocycles. The summed E-state index contributed by atoms with van der Waals surface area (Å²) in [5, 5.41) is -0.476. The van der Waals surface area contributed by atoms with Gasteiger partial charge in [-0.15, -0.1) is 18.5 Å². The van der Waals surface area contributed by atoms with Gasteiger partial charge >= 0.3 is 0 Å². The van der Waals surface area contributed by atoms with Crippen LogP contribution in [0.1, 0.15) is 60.3 Å². The highest BCUT2D eigenvalue weighted by Crippen LogP contribution is 2.71. The van der Waals surface area contributed by atoms with Crippen LogP contribution < -0.4 is 0 Å². The summed E-state index contributed by atoms with van der Waals surface area (Å²) in [5.41, 5.74) is 9.84. The third-order valence-corrected chi connectivity index (χ3v) is 12.9. The molecule has 0 N–H and O–H groups in total. The second-order valence-electron chi connectivity index (χ2n) is 13.5. The Kier molecular flexibility index (Phi) is 7.01. The van der Waals surface area contributed by atoms with Gasteiger partial charge in [0.25, 0.3) is 0 Å². The maximum atomic E-state index is 4.67. The Balaban J connectivity index is 1.48. The van der Waals surface area contributed by atoms with Gasteiger partial charge in [0.05, 0.1) is 5.16 Å². The Morgan fingerprint density at radius 3 is 1.91 bits per heavy atom. The highest BCUT2D eigenvalue weighted by Gasteiger charge is 2.61. The van der Waals surface area contributed by atoms with Crippen LogP contribution in [0.3, 0.4) is 0 Å². The van der Waals surface area contributed by atoms with E-state index in [1.807, 2.05) is 12.4 Å². The van der Waals surface area contributed by atoms with E-state index in [0.29, 0.717) is 5.92 Å². The van der Waals surface area contributed by atoms with Crippen molar-refractivity contribution in [2.45, 2.75) is 43.2 Å². The van der Waals surface area contributed by atoms with E-state index in [2.05, 4.69) is 132 Å². The van der Waals surface area contributed by atoms with Gasteiger partial charge in [0, 0.05) is 30.7 Å².